The van der Waals surface area contributed by atoms with E-state index in [-0.39, 0.29) is 19.2 Å². The van der Waals surface area contributed by atoms with E-state index in [2.05, 4.69) is 22.4 Å². The van der Waals surface area contributed by atoms with Crippen LogP contribution in [0.15, 0.2) is 59.7 Å². The molecule has 0 unspecified atom stereocenters. The average Bonchev–Trinajstić information content (AvgIpc) is 3.43. The number of hydrogen-bond donors (Lipinski definition) is 1. The van der Waals surface area contributed by atoms with Gasteiger partial charge in [0.25, 0.3) is 5.56 Å². The minimum Gasteiger partial charge on any atom is -0.454 e. The quantitative estimate of drug-likeness (QED) is 0.536. The minimum absolute atomic E-state index is 0.155. The van der Waals surface area contributed by atoms with Crippen LogP contribution in [0.3, 0.4) is 0 Å². The maximum Gasteiger partial charge on any atom is 0.293 e. The summed E-state index contributed by atoms with van der Waals surface area (Å²) in [6, 6.07) is 14.8. The van der Waals surface area contributed by atoms with Crippen molar-refractivity contribution in [3.8, 4) is 22.8 Å². The number of anilines is 1. The summed E-state index contributed by atoms with van der Waals surface area (Å²) >= 11 is 0. The van der Waals surface area contributed by atoms with E-state index in [1.165, 1.54) is 16.4 Å². The summed E-state index contributed by atoms with van der Waals surface area (Å²) in [5.41, 5.74) is 3.31. The number of rotatable bonds is 5. The molecule has 0 aliphatic carbocycles. The third kappa shape index (κ3) is 3.61. The molecule has 1 amide bonds. The summed E-state index contributed by atoms with van der Waals surface area (Å²) < 4.78 is 13.1. The van der Waals surface area contributed by atoms with Crippen LogP contribution in [0.25, 0.3) is 16.8 Å². The molecule has 9 nitrogen and oxygen atoms in total. The van der Waals surface area contributed by atoms with Crippen molar-refractivity contribution in [2.45, 2.75) is 19.9 Å². The van der Waals surface area contributed by atoms with Crippen LogP contribution in [0.2, 0.25) is 0 Å². The van der Waals surface area contributed by atoms with Crippen molar-refractivity contribution in [1.82, 2.24) is 19.4 Å². The van der Waals surface area contributed by atoms with Gasteiger partial charge in [0.15, 0.2) is 11.5 Å². The lowest BCUT2D eigenvalue weighted by Crippen LogP contribution is -2.30. The molecule has 0 bridgehead atoms. The van der Waals surface area contributed by atoms with E-state index in [1.54, 1.807) is 24.3 Å². The standard InChI is InChI=1S/C22H19N5O4/c1-2-14-3-5-15(6-4-14)17-10-18-22(29)26(23-12-27(18)25-17)11-21(28)24-16-7-8-19-20(9-16)31-13-30-19/h3-10,12H,2,11,13H2,1H3,(H,24,28). The monoisotopic (exact) mass is 417 g/mol. The van der Waals surface area contributed by atoms with Gasteiger partial charge in [0, 0.05) is 17.3 Å². The molecule has 31 heavy (non-hydrogen) atoms. The number of carbonyl (C=O) groups excluding carboxylic acids is 1. The molecule has 156 valence electrons. The molecule has 0 radical (unpaired) electrons. The van der Waals surface area contributed by atoms with Gasteiger partial charge in [-0.3, -0.25) is 9.59 Å². The Morgan fingerprint density at radius 2 is 1.90 bits per heavy atom. The number of carbonyl (C=O) groups is 1. The molecule has 3 heterocycles. The zero-order chi connectivity index (χ0) is 21.4. The van der Waals surface area contributed by atoms with Crippen molar-refractivity contribution >= 4 is 17.1 Å². The van der Waals surface area contributed by atoms with E-state index < -0.39 is 5.56 Å². The van der Waals surface area contributed by atoms with Crippen LogP contribution < -0.4 is 20.3 Å². The zero-order valence-electron chi connectivity index (χ0n) is 16.7. The maximum atomic E-state index is 12.8. The molecule has 1 aliphatic heterocycles. The molecule has 0 atom stereocenters. The van der Waals surface area contributed by atoms with Crippen molar-refractivity contribution < 1.29 is 14.3 Å². The van der Waals surface area contributed by atoms with Crippen LogP contribution in [0, 0.1) is 0 Å². The van der Waals surface area contributed by atoms with Gasteiger partial charge in [0.1, 0.15) is 18.4 Å². The Morgan fingerprint density at radius 1 is 1.10 bits per heavy atom. The number of aromatic nitrogens is 4. The van der Waals surface area contributed by atoms with Crippen LogP contribution >= 0.6 is 0 Å². The van der Waals surface area contributed by atoms with Crippen LogP contribution in [0.1, 0.15) is 12.5 Å². The van der Waals surface area contributed by atoms with Gasteiger partial charge in [-0.1, -0.05) is 31.2 Å². The van der Waals surface area contributed by atoms with E-state index in [4.69, 9.17) is 9.47 Å². The number of fused-ring (bicyclic) bond motifs is 2. The van der Waals surface area contributed by atoms with Gasteiger partial charge in [-0.05, 0) is 30.2 Å². The smallest absolute Gasteiger partial charge is 0.293 e. The van der Waals surface area contributed by atoms with Gasteiger partial charge in [-0.2, -0.15) is 10.2 Å². The molecule has 5 rings (SSSR count). The predicted molar refractivity (Wildman–Crippen MR) is 113 cm³/mol. The number of aryl methyl sites for hydroxylation is 1. The summed E-state index contributed by atoms with van der Waals surface area (Å²) in [6.45, 7) is 2.02. The van der Waals surface area contributed by atoms with E-state index in [9.17, 15) is 9.59 Å². The van der Waals surface area contributed by atoms with Crippen molar-refractivity contribution in [3.05, 3.63) is 70.8 Å². The summed E-state index contributed by atoms with van der Waals surface area (Å²) in [5.74, 6) is 0.809. The lowest BCUT2D eigenvalue weighted by Gasteiger charge is -2.07. The molecule has 0 spiro atoms. The fourth-order valence-corrected chi connectivity index (χ4v) is 3.41. The Morgan fingerprint density at radius 3 is 2.71 bits per heavy atom. The number of hydrogen-bond acceptors (Lipinski definition) is 6. The molecule has 0 saturated heterocycles. The lowest BCUT2D eigenvalue weighted by molar-refractivity contribution is -0.117. The molecular weight excluding hydrogens is 398 g/mol. The Hall–Kier alpha value is -4.14. The summed E-state index contributed by atoms with van der Waals surface area (Å²) in [5, 5.41) is 11.3. The molecule has 2 aromatic heterocycles. The lowest BCUT2D eigenvalue weighted by atomic mass is 10.1. The molecule has 4 aromatic rings. The van der Waals surface area contributed by atoms with Crippen LogP contribution in [0.4, 0.5) is 5.69 Å². The van der Waals surface area contributed by atoms with Crippen molar-refractivity contribution in [1.29, 1.82) is 0 Å². The Balaban J connectivity index is 1.36. The van der Waals surface area contributed by atoms with Gasteiger partial charge in [-0.25, -0.2) is 9.20 Å². The normalized spacial score (nSPS) is 12.3. The zero-order valence-corrected chi connectivity index (χ0v) is 16.7. The van der Waals surface area contributed by atoms with Gasteiger partial charge >= 0.3 is 0 Å². The maximum absolute atomic E-state index is 12.8. The van der Waals surface area contributed by atoms with Crippen LogP contribution in [-0.4, -0.2) is 32.1 Å². The summed E-state index contributed by atoms with van der Waals surface area (Å²) in [4.78, 5) is 25.3. The molecule has 0 fully saturated rings. The number of nitrogens with one attached hydrogen (secondary N) is 1. The van der Waals surface area contributed by atoms with Crippen molar-refractivity contribution in [3.63, 3.8) is 0 Å². The first-order chi connectivity index (χ1) is 15.1. The second kappa shape index (κ2) is 7.60. The predicted octanol–water partition coefficient (Wildman–Crippen LogP) is 2.49. The van der Waals surface area contributed by atoms with E-state index >= 15 is 0 Å². The van der Waals surface area contributed by atoms with Crippen LogP contribution in [0.5, 0.6) is 11.5 Å². The number of ether oxygens (including phenoxy) is 2. The van der Waals surface area contributed by atoms with E-state index in [0.29, 0.717) is 28.4 Å². The highest BCUT2D eigenvalue weighted by atomic mass is 16.7. The molecular formula is C22H19N5O4. The molecule has 0 saturated carbocycles. The highest BCUT2D eigenvalue weighted by Gasteiger charge is 2.16. The summed E-state index contributed by atoms with van der Waals surface area (Å²) in [6.07, 6.45) is 2.38. The number of amides is 1. The van der Waals surface area contributed by atoms with Crippen LogP contribution in [-0.2, 0) is 17.8 Å². The number of nitrogens with zero attached hydrogens (tertiary/aromatic N) is 4. The largest absolute Gasteiger partial charge is 0.454 e. The molecule has 1 N–H and O–H groups in total. The van der Waals surface area contributed by atoms with E-state index in [1.807, 2.05) is 24.3 Å². The van der Waals surface area contributed by atoms with Gasteiger partial charge in [0.2, 0.25) is 12.7 Å². The highest BCUT2D eigenvalue weighted by molar-refractivity contribution is 5.91. The summed E-state index contributed by atoms with van der Waals surface area (Å²) in [7, 11) is 0. The first kappa shape index (κ1) is 18.9. The number of benzene rings is 2. The third-order valence-electron chi connectivity index (χ3n) is 5.10. The van der Waals surface area contributed by atoms with Gasteiger partial charge in [-0.15, -0.1) is 0 Å². The Bertz CT molecular complexity index is 1340. The fraction of sp³-hybridized carbons (Fsp3) is 0.182. The van der Waals surface area contributed by atoms with Crippen molar-refractivity contribution in [2.24, 2.45) is 0 Å². The van der Waals surface area contributed by atoms with Gasteiger partial charge < -0.3 is 14.8 Å². The first-order valence-corrected chi connectivity index (χ1v) is 9.85. The molecule has 2 aromatic carbocycles. The fourth-order valence-electron chi connectivity index (χ4n) is 3.41. The second-order valence-corrected chi connectivity index (χ2v) is 7.12. The van der Waals surface area contributed by atoms with E-state index in [0.717, 1.165) is 16.7 Å². The topological polar surface area (TPSA) is 99.8 Å². The Labute approximate surface area is 176 Å². The third-order valence-corrected chi connectivity index (χ3v) is 5.10. The molecule has 1 aliphatic rings. The highest BCUT2D eigenvalue weighted by Crippen LogP contribution is 2.34. The first-order valence-electron chi connectivity index (χ1n) is 9.85. The second-order valence-electron chi connectivity index (χ2n) is 7.12. The minimum atomic E-state index is -0.396. The Kier molecular flexibility index (Phi) is 4.62. The molecule has 9 heteroatoms. The average molecular weight is 417 g/mol. The SMILES string of the molecule is CCc1ccc(-c2cc3c(=O)n(CC(=O)Nc4ccc5c(c4)OCO5)ncn3n2)cc1. The van der Waals surface area contributed by atoms with Crippen molar-refractivity contribution in [2.75, 3.05) is 12.1 Å². The van der Waals surface area contributed by atoms with Gasteiger partial charge in [0.05, 0.1) is 5.69 Å².